The topological polar surface area (TPSA) is 75.7 Å². The molecule has 0 aromatic heterocycles. The van der Waals surface area contributed by atoms with E-state index in [0.717, 1.165) is 16.4 Å². The Morgan fingerprint density at radius 2 is 1.73 bits per heavy atom. The predicted octanol–water partition coefficient (Wildman–Crippen LogP) is 4.32. The number of carbonyl (C=O) groups is 1. The first kappa shape index (κ1) is 21.6. The molecule has 30 heavy (non-hydrogen) atoms. The van der Waals surface area contributed by atoms with Gasteiger partial charge in [-0.3, -0.25) is 9.10 Å². The highest BCUT2D eigenvalue weighted by molar-refractivity contribution is 7.92. The van der Waals surface area contributed by atoms with Crippen molar-refractivity contribution in [3.63, 3.8) is 0 Å². The second kappa shape index (κ2) is 9.15. The van der Waals surface area contributed by atoms with Gasteiger partial charge in [-0.2, -0.15) is 0 Å². The molecule has 0 spiro atoms. The van der Waals surface area contributed by atoms with E-state index in [0.29, 0.717) is 16.5 Å². The number of hydrogen-bond donors (Lipinski definition) is 1. The monoisotopic (exact) mass is 448 g/mol. The zero-order chi connectivity index (χ0) is 21.7. The van der Waals surface area contributed by atoms with E-state index in [-0.39, 0.29) is 10.6 Å². The van der Waals surface area contributed by atoms with Crippen molar-refractivity contribution in [1.29, 1.82) is 0 Å². The highest BCUT2D eigenvalue weighted by Crippen LogP contribution is 2.28. The second-order valence-electron chi connectivity index (χ2n) is 6.19. The molecule has 0 aliphatic rings. The Morgan fingerprint density at radius 3 is 2.37 bits per heavy atom. The molecule has 0 saturated carbocycles. The minimum Gasteiger partial charge on any atom is -0.495 e. The molecule has 0 unspecified atom stereocenters. The van der Waals surface area contributed by atoms with E-state index < -0.39 is 28.3 Å². The molecule has 6 nitrogen and oxygen atoms in total. The summed E-state index contributed by atoms with van der Waals surface area (Å²) in [4.78, 5) is 12.7. The number of nitrogens with one attached hydrogen (secondary N) is 1. The summed E-state index contributed by atoms with van der Waals surface area (Å²) in [5.74, 6) is -0.782. The van der Waals surface area contributed by atoms with Crippen LogP contribution >= 0.6 is 11.6 Å². The number of halogens is 2. The maximum atomic E-state index is 13.4. The van der Waals surface area contributed by atoms with E-state index in [2.05, 4.69) is 5.32 Å². The molecular formula is C21H18ClFN2O4S. The molecular weight excluding hydrogens is 431 g/mol. The first-order valence-electron chi connectivity index (χ1n) is 8.78. The quantitative estimate of drug-likeness (QED) is 0.584. The lowest BCUT2D eigenvalue weighted by Gasteiger charge is -2.24. The van der Waals surface area contributed by atoms with Gasteiger partial charge in [0.1, 0.15) is 18.1 Å². The molecule has 9 heteroatoms. The zero-order valence-electron chi connectivity index (χ0n) is 15.9. The average Bonchev–Trinajstić information content (AvgIpc) is 2.73. The lowest BCUT2D eigenvalue weighted by Crippen LogP contribution is -2.38. The lowest BCUT2D eigenvalue weighted by molar-refractivity contribution is -0.114. The molecule has 1 N–H and O–H groups in total. The number of methoxy groups -OCH3 is 1. The van der Waals surface area contributed by atoms with Gasteiger partial charge in [-0.05, 0) is 54.6 Å². The van der Waals surface area contributed by atoms with Crippen LogP contribution in [-0.4, -0.2) is 28.0 Å². The van der Waals surface area contributed by atoms with Gasteiger partial charge in [0.2, 0.25) is 5.91 Å². The van der Waals surface area contributed by atoms with Crippen molar-refractivity contribution in [3.05, 3.63) is 83.6 Å². The van der Waals surface area contributed by atoms with Gasteiger partial charge in [0.25, 0.3) is 10.0 Å². The molecule has 3 aromatic rings. The van der Waals surface area contributed by atoms with Gasteiger partial charge in [0.05, 0.1) is 23.4 Å². The Hall–Kier alpha value is -3.10. The van der Waals surface area contributed by atoms with E-state index in [1.807, 2.05) is 0 Å². The number of hydrogen-bond acceptors (Lipinski definition) is 4. The van der Waals surface area contributed by atoms with Crippen molar-refractivity contribution in [1.82, 2.24) is 0 Å². The van der Waals surface area contributed by atoms with E-state index in [1.54, 1.807) is 30.3 Å². The number of anilines is 2. The molecule has 0 bridgehead atoms. The molecule has 0 radical (unpaired) electrons. The van der Waals surface area contributed by atoms with Crippen LogP contribution < -0.4 is 14.4 Å². The fourth-order valence-electron chi connectivity index (χ4n) is 2.74. The molecule has 3 rings (SSSR count). The Labute approximate surface area is 178 Å². The van der Waals surface area contributed by atoms with Gasteiger partial charge in [-0.1, -0.05) is 29.8 Å². The normalized spacial score (nSPS) is 11.0. The van der Waals surface area contributed by atoms with Crippen molar-refractivity contribution in [2.45, 2.75) is 4.90 Å². The highest BCUT2D eigenvalue weighted by atomic mass is 35.5. The van der Waals surface area contributed by atoms with Crippen LogP contribution in [0.25, 0.3) is 0 Å². The van der Waals surface area contributed by atoms with Crippen LogP contribution in [0.3, 0.4) is 0 Å². The summed E-state index contributed by atoms with van der Waals surface area (Å²) in [5, 5.41) is 2.98. The number of amides is 1. The maximum absolute atomic E-state index is 13.4. The highest BCUT2D eigenvalue weighted by Gasteiger charge is 2.27. The molecule has 0 fully saturated rings. The maximum Gasteiger partial charge on any atom is 0.264 e. The first-order chi connectivity index (χ1) is 14.3. The summed E-state index contributed by atoms with van der Waals surface area (Å²) in [6, 6.07) is 17.2. The van der Waals surface area contributed by atoms with Gasteiger partial charge in [-0.15, -0.1) is 0 Å². The van der Waals surface area contributed by atoms with Gasteiger partial charge >= 0.3 is 0 Å². The van der Waals surface area contributed by atoms with Crippen LogP contribution in [0.1, 0.15) is 0 Å². The fraction of sp³-hybridized carbons (Fsp3) is 0.0952. The van der Waals surface area contributed by atoms with Crippen LogP contribution in [0.2, 0.25) is 5.02 Å². The van der Waals surface area contributed by atoms with Crippen LogP contribution in [0.4, 0.5) is 15.8 Å². The third kappa shape index (κ3) is 4.90. The van der Waals surface area contributed by atoms with Crippen LogP contribution in [0, 0.1) is 5.82 Å². The Balaban J connectivity index is 1.94. The number of ether oxygens (including phenoxy) is 1. The van der Waals surface area contributed by atoms with Crippen LogP contribution in [-0.2, 0) is 14.8 Å². The van der Waals surface area contributed by atoms with Gasteiger partial charge in [-0.25, -0.2) is 12.8 Å². The zero-order valence-corrected chi connectivity index (χ0v) is 17.5. The second-order valence-corrected chi connectivity index (χ2v) is 8.49. The number of benzene rings is 3. The molecule has 0 heterocycles. The van der Waals surface area contributed by atoms with Crippen LogP contribution in [0.15, 0.2) is 77.7 Å². The van der Waals surface area contributed by atoms with Crippen molar-refractivity contribution in [2.24, 2.45) is 0 Å². The summed E-state index contributed by atoms with van der Waals surface area (Å²) in [6.07, 6.45) is 0. The number of rotatable bonds is 7. The first-order valence-corrected chi connectivity index (χ1v) is 10.6. The minimum absolute atomic E-state index is 0.00228. The molecule has 1 amide bonds. The van der Waals surface area contributed by atoms with E-state index in [1.165, 1.54) is 37.4 Å². The van der Waals surface area contributed by atoms with Crippen molar-refractivity contribution >= 4 is 38.9 Å². The fourth-order valence-corrected chi connectivity index (χ4v) is 4.35. The Bertz CT molecular complexity index is 1140. The lowest BCUT2D eigenvalue weighted by atomic mass is 10.3. The van der Waals surface area contributed by atoms with Crippen molar-refractivity contribution < 1.29 is 22.3 Å². The third-order valence-electron chi connectivity index (χ3n) is 4.17. The minimum atomic E-state index is -4.09. The molecule has 0 saturated heterocycles. The van der Waals surface area contributed by atoms with E-state index in [4.69, 9.17) is 16.3 Å². The largest absolute Gasteiger partial charge is 0.495 e. The SMILES string of the molecule is COc1ccc(Cl)cc1NC(=O)CN(c1ccc(F)cc1)S(=O)(=O)c1ccccc1. The number of carbonyl (C=O) groups excluding carboxylic acids is 1. The number of sulfonamides is 1. The summed E-state index contributed by atoms with van der Waals surface area (Å²) in [5.41, 5.74) is 0.444. The molecule has 0 aliphatic carbocycles. The predicted molar refractivity (Wildman–Crippen MR) is 114 cm³/mol. The molecule has 3 aromatic carbocycles. The summed E-state index contributed by atoms with van der Waals surface area (Å²) >= 11 is 5.98. The van der Waals surface area contributed by atoms with Crippen molar-refractivity contribution in [2.75, 3.05) is 23.3 Å². The van der Waals surface area contributed by atoms with Gasteiger partial charge in [0, 0.05) is 5.02 Å². The van der Waals surface area contributed by atoms with Gasteiger partial charge in [0.15, 0.2) is 0 Å². The summed E-state index contributed by atoms with van der Waals surface area (Å²) < 4.78 is 45.9. The van der Waals surface area contributed by atoms with E-state index in [9.17, 15) is 17.6 Å². The van der Waals surface area contributed by atoms with Gasteiger partial charge < -0.3 is 10.1 Å². The molecule has 156 valence electrons. The van der Waals surface area contributed by atoms with Crippen molar-refractivity contribution in [3.8, 4) is 5.75 Å². The average molecular weight is 449 g/mol. The standard InChI is InChI=1S/C21H18ClFN2O4S/c1-29-20-12-7-15(22)13-19(20)24-21(26)14-25(17-10-8-16(23)9-11-17)30(27,28)18-5-3-2-4-6-18/h2-13H,14H2,1H3,(H,24,26). The molecule has 0 atom stereocenters. The smallest absolute Gasteiger partial charge is 0.264 e. The number of nitrogens with zero attached hydrogens (tertiary/aromatic N) is 1. The summed E-state index contributed by atoms with van der Waals surface area (Å²) in [6.45, 7) is -0.543. The van der Waals surface area contributed by atoms with E-state index >= 15 is 0 Å². The third-order valence-corrected chi connectivity index (χ3v) is 6.19. The Morgan fingerprint density at radius 1 is 1.07 bits per heavy atom. The molecule has 0 aliphatic heterocycles. The summed E-state index contributed by atoms with van der Waals surface area (Å²) in [7, 11) is -2.65. The van der Waals surface area contributed by atoms with Crippen LogP contribution in [0.5, 0.6) is 5.75 Å². The Kier molecular flexibility index (Phi) is 6.59.